The van der Waals surface area contributed by atoms with Crippen LogP contribution in [0, 0.1) is 21.4 Å². The summed E-state index contributed by atoms with van der Waals surface area (Å²) < 4.78 is 5.23. The molecule has 0 bridgehead atoms. The second kappa shape index (κ2) is 7.05. The number of nitro benzene ring substituents is 1. The van der Waals surface area contributed by atoms with Crippen LogP contribution in [0.15, 0.2) is 36.5 Å². The van der Waals surface area contributed by atoms with E-state index in [4.69, 9.17) is 4.74 Å². The number of hydrogen-bond donors (Lipinski definition) is 0. The maximum atomic E-state index is 10.7. The first-order chi connectivity index (χ1) is 12.1. The number of methoxy groups -OCH3 is 1. The van der Waals surface area contributed by atoms with Gasteiger partial charge in [-0.15, -0.1) is 0 Å². The molecule has 1 aliphatic heterocycles. The van der Waals surface area contributed by atoms with Crippen molar-refractivity contribution in [3.8, 4) is 11.8 Å². The Hall–Kier alpha value is -3.34. The van der Waals surface area contributed by atoms with E-state index in [2.05, 4.69) is 20.9 Å². The van der Waals surface area contributed by atoms with E-state index in [1.54, 1.807) is 24.4 Å². The number of nitro groups is 1. The van der Waals surface area contributed by atoms with Crippen LogP contribution in [0.3, 0.4) is 0 Å². The maximum absolute atomic E-state index is 10.7. The molecule has 1 aromatic heterocycles. The average molecular weight is 339 g/mol. The van der Waals surface area contributed by atoms with Gasteiger partial charge >= 0.3 is 0 Å². The lowest BCUT2D eigenvalue weighted by molar-refractivity contribution is -0.384. The fourth-order valence-corrected chi connectivity index (χ4v) is 2.91. The van der Waals surface area contributed by atoms with Crippen LogP contribution in [-0.4, -0.2) is 43.2 Å². The third-order valence-electron chi connectivity index (χ3n) is 4.23. The van der Waals surface area contributed by atoms with Crippen molar-refractivity contribution >= 4 is 17.2 Å². The zero-order valence-electron chi connectivity index (χ0n) is 13.8. The minimum atomic E-state index is -0.403. The highest BCUT2D eigenvalue weighted by Crippen LogP contribution is 2.28. The zero-order chi connectivity index (χ0) is 17.8. The molecule has 0 radical (unpaired) electrons. The predicted octanol–water partition coefficient (Wildman–Crippen LogP) is 2.20. The minimum absolute atomic E-state index is 0.0848. The molecule has 0 N–H and O–H groups in total. The molecule has 0 spiro atoms. The second-order valence-corrected chi connectivity index (χ2v) is 5.57. The van der Waals surface area contributed by atoms with E-state index in [1.165, 1.54) is 19.2 Å². The van der Waals surface area contributed by atoms with Gasteiger partial charge in [-0.25, -0.2) is 4.98 Å². The molecule has 128 valence electrons. The number of benzene rings is 1. The molecule has 2 heterocycles. The van der Waals surface area contributed by atoms with Crippen LogP contribution in [-0.2, 0) is 0 Å². The minimum Gasteiger partial charge on any atom is -0.495 e. The van der Waals surface area contributed by atoms with Crippen LogP contribution >= 0.6 is 0 Å². The fourth-order valence-electron chi connectivity index (χ4n) is 2.91. The van der Waals surface area contributed by atoms with Gasteiger partial charge in [-0.05, 0) is 18.2 Å². The van der Waals surface area contributed by atoms with Crippen LogP contribution in [0.25, 0.3) is 0 Å². The number of nitrogens with zero attached hydrogens (tertiary/aromatic N) is 5. The van der Waals surface area contributed by atoms with Gasteiger partial charge in [-0.1, -0.05) is 0 Å². The molecule has 1 aliphatic rings. The smallest absolute Gasteiger partial charge is 0.269 e. The van der Waals surface area contributed by atoms with Gasteiger partial charge in [0.1, 0.15) is 23.2 Å². The SMILES string of the molecule is COc1ccnc(N2CCN(c3ccc([N+](=O)[O-])cc3)CC2)c1C#N. The van der Waals surface area contributed by atoms with Crippen LogP contribution < -0.4 is 14.5 Å². The van der Waals surface area contributed by atoms with Crippen molar-refractivity contribution in [3.05, 3.63) is 52.2 Å². The Labute approximate surface area is 145 Å². The lowest BCUT2D eigenvalue weighted by atomic mass is 10.2. The molecule has 1 aromatic carbocycles. The topological polar surface area (TPSA) is 95.5 Å². The standard InChI is InChI=1S/C17H17N5O3/c1-25-16-6-7-19-17(15(16)12-18)21-10-8-20(9-11-21)13-2-4-14(5-3-13)22(23)24/h2-7H,8-11H2,1H3. The molecule has 8 nitrogen and oxygen atoms in total. The van der Waals surface area contributed by atoms with Gasteiger partial charge in [0.25, 0.3) is 5.69 Å². The largest absolute Gasteiger partial charge is 0.495 e. The summed E-state index contributed by atoms with van der Waals surface area (Å²) in [7, 11) is 1.53. The lowest BCUT2D eigenvalue weighted by Gasteiger charge is -2.37. The lowest BCUT2D eigenvalue weighted by Crippen LogP contribution is -2.47. The summed E-state index contributed by atoms with van der Waals surface area (Å²) in [5, 5.41) is 20.1. The van der Waals surface area contributed by atoms with Gasteiger partial charge in [-0.2, -0.15) is 5.26 Å². The Morgan fingerprint density at radius 2 is 1.80 bits per heavy atom. The van der Waals surface area contributed by atoms with Gasteiger partial charge in [-0.3, -0.25) is 10.1 Å². The first-order valence-electron chi connectivity index (χ1n) is 7.81. The summed E-state index contributed by atoms with van der Waals surface area (Å²) in [5.41, 5.74) is 1.47. The predicted molar refractivity (Wildman–Crippen MR) is 93.0 cm³/mol. The third-order valence-corrected chi connectivity index (χ3v) is 4.23. The Bertz CT molecular complexity index is 808. The summed E-state index contributed by atoms with van der Waals surface area (Å²) in [5.74, 6) is 1.15. The van der Waals surface area contributed by atoms with Crippen molar-refractivity contribution in [2.45, 2.75) is 0 Å². The number of anilines is 2. The molecule has 0 amide bonds. The Kier molecular flexibility index (Phi) is 4.66. The molecule has 3 rings (SSSR count). The molecular formula is C17H17N5O3. The molecule has 0 aliphatic carbocycles. The molecule has 1 fully saturated rings. The van der Waals surface area contributed by atoms with E-state index in [9.17, 15) is 15.4 Å². The molecule has 2 aromatic rings. The zero-order valence-corrected chi connectivity index (χ0v) is 13.8. The number of pyridine rings is 1. The molecular weight excluding hydrogens is 322 g/mol. The van der Waals surface area contributed by atoms with Gasteiger partial charge in [0.15, 0.2) is 0 Å². The van der Waals surface area contributed by atoms with E-state index < -0.39 is 4.92 Å². The monoisotopic (exact) mass is 339 g/mol. The van der Waals surface area contributed by atoms with Gasteiger partial charge in [0.05, 0.1) is 12.0 Å². The number of non-ortho nitro benzene ring substituents is 1. The number of nitriles is 1. The fraction of sp³-hybridized carbons (Fsp3) is 0.294. The summed E-state index contributed by atoms with van der Waals surface area (Å²) >= 11 is 0. The van der Waals surface area contributed by atoms with Crippen LogP contribution in [0.4, 0.5) is 17.2 Å². The van der Waals surface area contributed by atoms with Gasteiger partial charge in [0.2, 0.25) is 0 Å². The highest BCUT2D eigenvalue weighted by molar-refractivity contribution is 5.61. The van der Waals surface area contributed by atoms with Crippen molar-refractivity contribution in [2.75, 3.05) is 43.1 Å². The van der Waals surface area contributed by atoms with E-state index in [0.29, 0.717) is 30.2 Å². The van der Waals surface area contributed by atoms with Crippen molar-refractivity contribution < 1.29 is 9.66 Å². The third kappa shape index (κ3) is 3.30. The quantitative estimate of drug-likeness (QED) is 0.622. The summed E-state index contributed by atoms with van der Waals surface area (Å²) in [6.45, 7) is 2.88. The first kappa shape index (κ1) is 16.5. The molecule has 0 unspecified atom stereocenters. The molecule has 8 heteroatoms. The van der Waals surface area contributed by atoms with E-state index in [0.717, 1.165) is 18.8 Å². The Balaban J connectivity index is 1.72. The van der Waals surface area contributed by atoms with Gasteiger partial charge in [0, 0.05) is 50.2 Å². The number of rotatable bonds is 4. The maximum Gasteiger partial charge on any atom is 0.269 e. The van der Waals surface area contributed by atoms with Crippen LogP contribution in [0.2, 0.25) is 0 Å². The van der Waals surface area contributed by atoms with E-state index in [-0.39, 0.29) is 5.69 Å². The van der Waals surface area contributed by atoms with Gasteiger partial charge < -0.3 is 14.5 Å². The van der Waals surface area contributed by atoms with E-state index >= 15 is 0 Å². The Morgan fingerprint density at radius 3 is 2.36 bits per heavy atom. The molecule has 0 saturated carbocycles. The summed E-state index contributed by atoms with van der Waals surface area (Å²) in [6, 6.07) is 10.4. The first-order valence-corrected chi connectivity index (χ1v) is 7.81. The second-order valence-electron chi connectivity index (χ2n) is 5.57. The number of aromatic nitrogens is 1. The summed E-state index contributed by atoms with van der Waals surface area (Å²) in [6.07, 6.45) is 1.64. The van der Waals surface area contributed by atoms with Crippen molar-refractivity contribution in [1.82, 2.24) is 4.98 Å². The highest BCUT2D eigenvalue weighted by Gasteiger charge is 2.22. The molecule has 0 atom stereocenters. The number of hydrogen-bond acceptors (Lipinski definition) is 7. The van der Waals surface area contributed by atoms with Crippen molar-refractivity contribution in [3.63, 3.8) is 0 Å². The van der Waals surface area contributed by atoms with Crippen LogP contribution in [0.5, 0.6) is 5.75 Å². The number of piperazine rings is 1. The summed E-state index contributed by atoms with van der Waals surface area (Å²) in [4.78, 5) is 18.9. The van der Waals surface area contributed by atoms with E-state index in [1.807, 2.05) is 0 Å². The molecule has 1 saturated heterocycles. The Morgan fingerprint density at radius 1 is 1.16 bits per heavy atom. The van der Waals surface area contributed by atoms with Crippen LogP contribution in [0.1, 0.15) is 5.56 Å². The normalized spacial score (nSPS) is 14.1. The van der Waals surface area contributed by atoms with Crippen molar-refractivity contribution in [2.24, 2.45) is 0 Å². The molecule has 25 heavy (non-hydrogen) atoms. The average Bonchev–Trinajstić information content (AvgIpc) is 2.67. The van der Waals surface area contributed by atoms with Crippen molar-refractivity contribution in [1.29, 1.82) is 5.26 Å². The number of ether oxygens (including phenoxy) is 1. The highest BCUT2D eigenvalue weighted by atomic mass is 16.6.